The van der Waals surface area contributed by atoms with Crippen LogP contribution in [0.15, 0.2) is 53.5 Å². The lowest BCUT2D eigenvalue weighted by Crippen LogP contribution is -2.32. The van der Waals surface area contributed by atoms with Crippen LogP contribution in [0, 0.1) is 10.1 Å². The first-order chi connectivity index (χ1) is 10.1. The summed E-state index contributed by atoms with van der Waals surface area (Å²) >= 11 is 0. The summed E-state index contributed by atoms with van der Waals surface area (Å²) in [6.45, 7) is 1.13. The molecule has 6 heteroatoms. The monoisotopic (exact) mass is 282 g/mol. The Morgan fingerprint density at radius 2 is 2.00 bits per heavy atom. The molecule has 21 heavy (non-hydrogen) atoms. The van der Waals surface area contributed by atoms with Gasteiger partial charge in [0.2, 0.25) is 0 Å². The quantitative estimate of drug-likeness (QED) is 0.691. The Hall–Kier alpha value is -2.89. The smallest absolute Gasteiger partial charge is 0.270 e. The number of benzene rings is 2. The number of hydrogen-bond donors (Lipinski definition) is 1. The molecule has 3 rings (SSSR count). The molecule has 1 aliphatic rings. The van der Waals surface area contributed by atoms with Crippen LogP contribution < -0.4 is 10.6 Å². The average molecular weight is 282 g/mol. The van der Waals surface area contributed by atoms with Gasteiger partial charge in [-0.25, -0.2) is 4.99 Å². The van der Waals surface area contributed by atoms with Crippen LogP contribution in [0.4, 0.5) is 11.4 Å². The first-order valence-corrected chi connectivity index (χ1v) is 6.53. The van der Waals surface area contributed by atoms with Gasteiger partial charge in [-0.2, -0.15) is 0 Å². The molecular weight excluding hydrogens is 268 g/mol. The molecule has 1 heterocycles. The summed E-state index contributed by atoms with van der Waals surface area (Å²) in [6, 6.07) is 14.7. The summed E-state index contributed by atoms with van der Waals surface area (Å²) in [5.74, 6) is 0.345. The van der Waals surface area contributed by atoms with Crippen LogP contribution in [-0.2, 0) is 6.54 Å². The molecule has 2 N–H and O–H groups in total. The average Bonchev–Trinajstić information content (AvgIpc) is 2.51. The standard InChI is InChI=1S/C15H14N4O2/c16-15-13-8-12(19(20)21)6-7-14(13)18(10-17-15)9-11-4-2-1-3-5-11/h1-8H,9-10H2,(H2,16,17). The third kappa shape index (κ3) is 2.55. The lowest BCUT2D eigenvalue weighted by Gasteiger charge is -2.28. The summed E-state index contributed by atoms with van der Waals surface area (Å²) < 4.78 is 0. The Kier molecular flexibility index (Phi) is 3.27. The van der Waals surface area contributed by atoms with Crippen LogP contribution in [0.2, 0.25) is 0 Å². The second-order valence-corrected chi connectivity index (χ2v) is 4.83. The van der Waals surface area contributed by atoms with Crippen molar-refractivity contribution in [1.29, 1.82) is 0 Å². The molecular formula is C15H14N4O2. The summed E-state index contributed by atoms with van der Waals surface area (Å²) in [7, 11) is 0. The van der Waals surface area contributed by atoms with E-state index in [9.17, 15) is 10.1 Å². The van der Waals surface area contributed by atoms with Gasteiger partial charge in [0.25, 0.3) is 5.69 Å². The van der Waals surface area contributed by atoms with Crippen LogP contribution in [-0.4, -0.2) is 17.4 Å². The number of amidine groups is 1. The van der Waals surface area contributed by atoms with Crippen molar-refractivity contribution in [1.82, 2.24) is 0 Å². The van der Waals surface area contributed by atoms with Gasteiger partial charge in [0, 0.05) is 29.9 Å². The number of fused-ring (bicyclic) bond motifs is 1. The van der Waals surface area contributed by atoms with E-state index in [-0.39, 0.29) is 5.69 Å². The van der Waals surface area contributed by atoms with Gasteiger partial charge in [0.15, 0.2) is 0 Å². The maximum atomic E-state index is 10.9. The second-order valence-electron chi connectivity index (χ2n) is 4.83. The highest BCUT2D eigenvalue weighted by Gasteiger charge is 2.21. The Bertz CT molecular complexity index is 713. The fourth-order valence-corrected chi connectivity index (χ4v) is 2.38. The van der Waals surface area contributed by atoms with E-state index in [4.69, 9.17) is 5.73 Å². The fourth-order valence-electron chi connectivity index (χ4n) is 2.38. The summed E-state index contributed by atoms with van der Waals surface area (Å²) in [5.41, 5.74) is 8.53. The summed E-state index contributed by atoms with van der Waals surface area (Å²) in [4.78, 5) is 16.7. The first kappa shape index (κ1) is 13.1. The van der Waals surface area contributed by atoms with E-state index >= 15 is 0 Å². The number of nitro groups is 1. The second kappa shape index (κ2) is 5.24. The van der Waals surface area contributed by atoms with Gasteiger partial charge < -0.3 is 10.6 Å². The van der Waals surface area contributed by atoms with Crippen molar-refractivity contribution in [2.75, 3.05) is 11.6 Å². The van der Waals surface area contributed by atoms with E-state index in [2.05, 4.69) is 4.99 Å². The van der Waals surface area contributed by atoms with Crippen molar-refractivity contribution in [2.45, 2.75) is 6.54 Å². The normalized spacial score (nSPS) is 13.5. The van der Waals surface area contributed by atoms with Gasteiger partial charge in [0.05, 0.1) is 4.92 Å². The number of nitrogens with zero attached hydrogens (tertiary/aromatic N) is 3. The maximum absolute atomic E-state index is 10.9. The van der Waals surface area contributed by atoms with Crippen LogP contribution in [0.5, 0.6) is 0 Å². The number of anilines is 1. The van der Waals surface area contributed by atoms with E-state index in [0.717, 1.165) is 11.3 Å². The highest BCUT2D eigenvalue weighted by Crippen LogP contribution is 2.29. The van der Waals surface area contributed by atoms with Crippen molar-refractivity contribution in [2.24, 2.45) is 10.7 Å². The summed E-state index contributed by atoms with van der Waals surface area (Å²) in [5, 5.41) is 10.9. The molecule has 1 aliphatic heterocycles. The highest BCUT2D eigenvalue weighted by atomic mass is 16.6. The van der Waals surface area contributed by atoms with Gasteiger partial charge in [-0.15, -0.1) is 0 Å². The molecule has 0 spiro atoms. The summed E-state index contributed by atoms with van der Waals surface area (Å²) in [6.07, 6.45) is 0. The van der Waals surface area contributed by atoms with Crippen molar-refractivity contribution < 1.29 is 4.92 Å². The molecule has 0 atom stereocenters. The lowest BCUT2D eigenvalue weighted by molar-refractivity contribution is -0.384. The number of non-ortho nitro benzene ring substituents is 1. The largest absolute Gasteiger partial charge is 0.383 e. The van der Waals surface area contributed by atoms with Crippen LogP contribution in [0.25, 0.3) is 0 Å². The third-order valence-corrected chi connectivity index (χ3v) is 3.44. The fraction of sp³-hybridized carbons (Fsp3) is 0.133. The zero-order chi connectivity index (χ0) is 14.8. The molecule has 0 amide bonds. The number of aliphatic imine (C=N–C) groups is 1. The minimum absolute atomic E-state index is 0.0217. The molecule has 0 fully saturated rings. The van der Waals surface area contributed by atoms with Crippen LogP contribution >= 0.6 is 0 Å². The molecule has 2 aromatic rings. The van der Waals surface area contributed by atoms with E-state index in [1.807, 2.05) is 35.2 Å². The molecule has 0 bridgehead atoms. The molecule has 0 radical (unpaired) electrons. The molecule has 2 aromatic carbocycles. The minimum atomic E-state index is -0.427. The minimum Gasteiger partial charge on any atom is -0.383 e. The van der Waals surface area contributed by atoms with Crippen LogP contribution in [0.1, 0.15) is 11.1 Å². The van der Waals surface area contributed by atoms with Crippen molar-refractivity contribution in [3.8, 4) is 0 Å². The van der Waals surface area contributed by atoms with E-state index in [1.165, 1.54) is 12.1 Å². The van der Waals surface area contributed by atoms with E-state index in [0.29, 0.717) is 24.6 Å². The SMILES string of the molecule is NC1=NCN(Cc2ccccc2)c2ccc([N+](=O)[O-])cc21. The Morgan fingerprint density at radius 1 is 1.24 bits per heavy atom. The lowest BCUT2D eigenvalue weighted by atomic mass is 10.1. The zero-order valence-corrected chi connectivity index (χ0v) is 11.3. The van der Waals surface area contributed by atoms with Gasteiger partial charge in [-0.3, -0.25) is 10.1 Å². The first-order valence-electron chi connectivity index (χ1n) is 6.53. The van der Waals surface area contributed by atoms with Gasteiger partial charge in [-0.05, 0) is 11.6 Å². The third-order valence-electron chi connectivity index (χ3n) is 3.44. The van der Waals surface area contributed by atoms with Crippen LogP contribution in [0.3, 0.4) is 0 Å². The van der Waals surface area contributed by atoms with Gasteiger partial charge in [0.1, 0.15) is 12.5 Å². The van der Waals surface area contributed by atoms with Crippen molar-refractivity contribution in [3.05, 3.63) is 69.8 Å². The molecule has 6 nitrogen and oxygen atoms in total. The predicted octanol–water partition coefficient (Wildman–Crippen LogP) is 2.28. The number of nitrogens with two attached hydrogens (primary N) is 1. The molecule has 0 aromatic heterocycles. The number of nitro benzene ring substituents is 1. The van der Waals surface area contributed by atoms with Crippen molar-refractivity contribution in [3.63, 3.8) is 0 Å². The maximum Gasteiger partial charge on any atom is 0.270 e. The number of hydrogen-bond acceptors (Lipinski definition) is 5. The molecule has 0 saturated heterocycles. The van der Waals surface area contributed by atoms with E-state index < -0.39 is 4.92 Å². The number of rotatable bonds is 3. The highest BCUT2D eigenvalue weighted by molar-refractivity contribution is 6.04. The Labute approximate surface area is 121 Å². The predicted molar refractivity (Wildman–Crippen MR) is 81.3 cm³/mol. The van der Waals surface area contributed by atoms with Crippen molar-refractivity contribution >= 4 is 17.2 Å². The van der Waals surface area contributed by atoms with E-state index in [1.54, 1.807) is 6.07 Å². The van der Waals surface area contributed by atoms with Gasteiger partial charge in [-0.1, -0.05) is 30.3 Å². The molecule has 106 valence electrons. The molecule has 0 saturated carbocycles. The Morgan fingerprint density at radius 3 is 2.71 bits per heavy atom. The molecule has 0 aliphatic carbocycles. The Balaban J connectivity index is 1.96. The topological polar surface area (TPSA) is 84.8 Å². The van der Waals surface area contributed by atoms with Gasteiger partial charge >= 0.3 is 0 Å². The molecule has 0 unspecified atom stereocenters. The zero-order valence-electron chi connectivity index (χ0n) is 11.3.